The molecule has 0 spiro atoms. The molecule has 0 saturated heterocycles. The van der Waals surface area contributed by atoms with Gasteiger partial charge in [-0.05, 0) is 48.5 Å². The molecule has 1 aromatic carbocycles. The van der Waals surface area contributed by atoms with Crippen LogP contribution >= 0.6 is 0 Å². The number of rotatable bonds is 6. The Kier molecular flexibility index (Phi) is 5.67. The lowest BCUT2D eigenvalue weighted by molar-refractivity contribution is 0.401. The van der Waals surface area contributed by atoms with Crippen LogP contribution in [0.15, 0.2) is 12.1 Å². The number of methoxy groups -OCH3 is 1. The predicted molar refractivity (Wildman–Crippen MR) is 78.8 cm³/mol. The molecule has 0 amide bonds. The lowest BCUT2D eigenvalue weighted by Crippen LogP contribution is -2.14. The lowest BCUT2D eigenvalue weighted by atomic mass is 9.89. The second-order valence-corrected chi connectivity index (χ2v) is 5.42. The molecule has 1 N–H and O–H groups in total. The molecule has 0 aromatic heterocycles. The molecule has 2 heteroatoms. The van der Waals surface area contributed by atoms with E-state index in [1.807, 2.05) is 7.05 Å². The van der Waals surface area contributed by atoms with Crippen molar-refractivity contribution in [1.29, 1.82) is 0 Å². The van der Waals surface area contributed by atoms with Gasteiger partial charge in [-0.25, -0.2) is 0 Å². The average molecular weight is 249 g/mol. The Morgan fingerprint density at radius 2 is 1.61 bits per heavy atom. The second kappa shape index (κ2) is 6.79. The molecule has 0 aliphatic carbocycles. The third-order valence-corrected chi connectivity index (χ3v) is 3.40. The molecular weight excluding hydrogens is 222 g/mol. The maximum Gasteiger partial charge on any atom is 0.125 e. The zero-order chi connectivity index (χ0) is 13.7. The molecule has 0 atom stereocenters. The SMILES string of the molecule is CNCCc1c(C(C)C)ccc(C(C)C)c1OC. The first-order valence-corrected chi connectivity index (χ1v) is 6.87. The van der Waals surface area contributed by atoms with Crippen LogP contribution in [0.1, 0.15) is 56.2 Å². The summed E-state index contributed by atoms with van der Waals surface area (Å²) in [6, 6.07) is 4.50. The Balaban J connectivity index is 3.31. The molecule has 0 radical (unpaired) electrons. The van der Waals surface area contributed by atoms with E-state index in [0.29, 0.717) is 11.8 Å². The second-order valence-electron chi connectivity index (χ2n) is 5.42. The van der Waals surface area contributed by atoms with Crippen LogP contribution in [0.3, 0.4) is 0 Å². The predicted octanol–water partition coefficient (Wildman–Crippen LogP) is 3.70. The van der Waals surface area contributed by atoms with Crippen LogP contribution in [0, 0.1) is 0 Å². The topological polar surface area (TPSA) is 21.3 Å². The number of hydrogen-bond donors (Lipinski definition) is 1. The Hall–Kier alpha value is -1.02. The van der Waals surface area contributed by atoms with Gasteiger partial charge in [-0.2, -0.15) is 0 Å². The molecule has 0 unspecified atom stereocenters. The van der Waals surface area contributed by atoms with Gasteiger partial charge in [-0.1, -0.05) is 39.8 Å². The fourth-order valence-corrected chi connectivity index (χ4v) is 2.41. The van der Waals surface area contributed by atoms with Crippen molar-refractivity contribution in [3.63, 3.8) is 0 Å². The van der Waals surface area contributed by atoms with E-state index < -0.39 is 0 Å². The smallest absolute Gasteiger partial charge is 0.125 e. The molecule has 0 aliphatic rings. The standard InChI is InChI=1S/C16H27NO/c1-11(2)13-7-8-14(12(3)4)16(18-6)15(13)9-10-17-5/h7-8,11-12,17H,9-10H2,1-6H3. The highest BCUT2D eigenvalue weighted by molar-refractivity contribution is 5.49. The number of likely N-dealkylation sites (N-methyl/N-ethyl adjacent to an activating group) is 1. The minimum absolute atomic E-state index is 0.495. The van der Waals surface area contributed by atoms with Crippen molar-refractivity contribution in [2.24, 2.45) is 0 Å². The highest BCUT2D eigenvalue weighted by atomic mass is 16.5. The van der Waals surface area contributed by atoms with Gasteiger partial charge in [0.05, 0.1) is 7.11 Å². The van der Waals surface area contributed by atoms with Gasteiger partial charge < -0.3 is 10.1 Å². The van der Waals surface area contributed by atoms with E-state index in [9.17, 15) is 0 Å². The van der Waals surface area contributed by atoms with Crippen molar-refractivity contribution in [3.8, 4) is 5.75 Å². The third-order valence-electron chi connectivity index (χ3n) is 3.40. The zero-order valence-electron chi connectivity index (χ0n) is 12.6. The van der Waals surface area contributed by atoms with Gasteiger partial charge in [0, 0.05) is 0 Å². The monoisotopic (exact) mass is 249 g/mol. The largest absolute Gasteiger partial charge is 0.496 e. The summed E-state index contributed by atoms with van der Waals surface area (Å²) in [5, 5.41) is 3.23. The number of hydrogen-bond acceptors (Lipinski definition) is 2. The van der Waals surface area contributed by atoms with Gasteiger partial charge in [0.2, 0.25) is 0 Å². The number of nitrogens with one attached hydrogen (secondary N) is 1. The minimum atomic E-state index is 0.495. The molecular formula is C16H27NO. The summed E-state index contributed by atoms with van der Waals surface area (Å²) in [5.74, 6) is 2.12. The first-order valence-electron chi connectivity index (χ1n) is 6.87. The van der Waals surface area contributed by atoms with E-state index >= 15 is 0 Å². The van der Waals surface area contributed by atoms with Gasteiger partial charge in [-0.3, -0.25) is 0 Å². The van der Waals surface area contributed by atoms with E-state index in [2.05, 4.69) is 45.1 Å². The van der Waals surface area contributed by atoms with E-state index in [-0.39, 0.29) is 0 Å². The Bertz CT molecular complexity index is 383. The summed E-state index contributed by atoms with van der Waals surface area (Å²) in [6.07, 6.45) is 1.02. The maximum atomic E-state index is 5.70. The van der Waals surface area contributed by atoms with Gasteiger partial charge in [-0.15, -0.1) is 0 Å². The molecule has 0 fully saturated rings. The van der Waals surface area contributed by atoms with Gasteiger partial charge in [0.15, 0.2) is 0 Å². The van der Waals surface area contributed by atoms with Crippen LogP contribution in [-0.2, 0) is 6.42 Å². The first kappa shape index (κ1) is 15.0. The van der Waals surface area contributed by atoms with Crippen LogP contribution in [0.5, 0.6) is 5.75 Å². The lowest BCUT2D eigenvalue weighted by Gasteiger charge is -2.21. The van der Waals surface area contributed by atoms with Gasteiger partial charge in [0.1, 0.15) is 5.75 Å². The first-order chi connectivity index (χ1) is 8.52. The molecule has 0 bridgehead atoms. The summed E-state index contributed by atoms with van der Waals surface area (Å²) >= 11 is 0. The number of ether oxygens (including phenoxy) is 1. The van der Waals surface area contributed by atoms with Crippen molar-refractivity contribution in [2.75, 3.05) is 20.7 Å². The van der Waals surface area contributed by atoms with E-state index in [4.69, 9.17) is 4.74 Å². The Morgan fingerprint density at radius 3 is 2.06 bits per heavy atom. The molecule has 18 heavy (non-hydrogen) atoms. The third kappa shape index (κ3) is 3.26. The van der Waals surface area contributed by atoms with Crippen molar-refractivity contribution >= 4 is 0 Å². The van der Waals surface area contributed by atoms with E-state index in [1.54, 1.807) is 7.11 Å². The molecule has 102 valence electrons. The van der Waals surface area contributed by atoms with Crippen molar-refractivity contribution in [3.05, 3.63) is 28.8 Å². The Morgan fingerprint density at radius 1 is 1.06 bits per heavy atom. The summed E-state index contributed by atoms with van der Waals surface area (Å²) in [6.45, 7) is 9.90. The van der Waals surface area contributed by atoms with E-state index in [0.717, 1.165) is 18.7 Å². The molecule has 1 aromatic rings. The summed E-state index contributed by atoms with van der Waals surface area (Å²) in [4.78, 5) is 0. The highest BCUT2D eigenvalue weighted by Crippen LogP contribution is 2.35. The number of benzene rings is 1. The van der Waals surface area contributed by atoms with Crippen LogP contribution in [-0.4, -0.2) is 20.7 Å². The zero-order valence-corrected chi connectivity index (χ0v) is 12.6. The van der Waals surface area contributed by atoms with Crippen molar-refractivity contribution in [1.82, 2.24) is 5.32 Å². The quantitative estimate of drug-likeness (QED) is 0.830. The normalized spacial score (nSPS) is 11.3. The Labute approximate surface area is 112 Å². The summed E-state index contributed by atoms with van der Waals surface area (Å²) in [7, 11) is 3.78. The molecule has 0 saturated carbocycles. The van der Waals surface area contributed by atoms with Crippen LogP contribution in [0.25, 0.3) is 0 Å². The molecule has 1 rings (SSSR count). The van der Waals surface area contributed by atoms with Crippen LogP contribution in [0.2, 0.25) is 0 Å². The minimum Gasteiger partial charge on any atom is -0.496 e. The fourth-order valence-electron chi connectivity index (χ4n) is 2.41. The highest BCUT2D eigenvalue weighted by Gasteiger charge is 2.17. The van der Waals surface area contributed by atoms with Gasteiger partial charge >= 0.3 is 0 Å². The maximum absolute atomic E-state index is 5.70. The van der Waals surface area contributed by atoms with Crippen molar-refractivity contribution < 1.29 is 4.74 Å². The molecule has 0 heterocycles. The average Bonchev–Trinajstić information content (AvgIpc) is 2.34. The molecule has 0 aliphatic heterocycles. The van der Waals surface area contributed by atoms with Crippen molar-refractivity contribution in [2.45, 2.75) is 46.0 Å². The van der Waals surface area contributed by atoms with Crippen LogP contribution < -0.4 is 10.1 Å². The molecule has 2 nitrogen and oxygen atoms in total. The van der Waals surface area contributed by atoms with Crippen LogP contribution in [0.4, 0.5) is 0 Å². The fraction of sp³-hybridized carbons (Fsp3) is 0.625. The summed E-state index contributed by atoms with van der Waals surface area (Å²) < 4.78 is 5.70. The summed E-state index contributed by atoms with van der Waals surface area (Å²) in [5.41, 5.74) is 4.09. The van der Waals surface area contributed by atoms with Gasteiger partial charge in [0.25, 0.3) is 0 Å². The van der Waals surface area contributed by atoms with E-state index in [1.165, 1.54) is 16.7 Å².